The minimum atomic E-state index is -0.719. The van der Waals surface area contributed by atoms with Crippen LogP contribution in [0.1, 0.15) is 91.9 Å². The topological polar surface area (TPSA) is 143 Å². The summed E-state index contributed by atoms with van der Waals surface area (Å²) in [4.78, 5) is 31.3. The summed E-state index contributed by atoms with van der Waals surface area (Å²) in [7, 11) is 0. The molecule has 0 radical (unpaired) electrons. The number of carbonyl (C=O) groups excluding carboxylic acids is 1. The maximum atomic E-state index is 12.3. The smallest absolute Gasteiger partial charge is 0.309 e. The second-order valence-corrected chi connectivity index (χ2v) is 9.86. The number of hydrogen-bond donors (Lipinski definition) is 2. The van der Waals surface area contributed by atoms with E-state index in [4.69, 9.17) is 24.9 Å². The zero-order valence-electron chi connectivity index (χ0n) is 21.6. The van der Waals surface area contributed by atoms with Gasteiger partial charge in [-0.25, -0.2) is 5.48 Å². The van der Waals surface area contributed by atoms with Crippen LogP contribution in [0.25, 0.3) is 10.4 Å². The third-order valence-corrected chi connectivity index (χ3v) is 5.81. The molecule has 2 N–H and O–H groups in total. The number of unbranched alkanes of at least 4 members (excludes halogenated alkanes) is 7. The Kier molecular flexibility index (Phi) is 18.4. The van der Waals surface area contributed by atoms with Crippen LogP contribution in [-0.2, 0) is 23.9 Å². The van der Waals surface area contributed by atoms with Crippen LogP contribution in [0.4, 0.5) is 0 Å². The molecule has 0 aliphatic carbocycles. The Morgan fingerprint density at radius 3 is 1.79 bits per heavy atom. The second-order valence-electron chi connectivity index (χ2n) is 9.86. The minimum Gasteiger partial charge on any atom is -0.481 e. The molecule has 0 saturated heterocycles. The zero-order chi connectivity index (χ0) is 25.7. The Labute approximate surface area is 204 Å². The van der Waals surface area contributed by atoms with E-state index in [9.17, 15) is 9.59 Å². The lowest BCUT2D eigenvalue weighted by atomic mass is 9.86. The van der Waals surface area contributed by atoms with Crippen LogP contribution in [0.3, 0.4) is 0 Å². The quantitative estimate of drug-likeness (QED) is 0.0649. The molecule has 0 unspecified atom stereocenters. The fourth-order valence-electron chi connectivity index (χ4n) is 3.24. The average molecular weight is 487 g/mol. The molecule has 0 rings (SSSR count). The number of carboxylic acids is 1. The minimum absolute atomic E-state index is 0.127. The summed E-state index contributed by atoms with van der Waals surface area (Å²) in [5.74, 6) is -0.846. The number of hydrogen-bond acceptors (Lipinski definition) is 6. The largest absolute Gasteiger partial charge is 0.481 e. The van der Waals surface area contributed by atoms with Gasteiger partial charge in [0.15, 0.2) is 0 Å². The van der Waals surface area contributed by atoms with Crippen LogP contribution in [-0.4, -0.2) is 56.6 Å². The zero-order valence-corrected chi connectivity index (χ0v) is 21.6. The SMILES string of the molecule is CC(C)(CCCCCCCCCCC(C)(C)C(=O)NOCCOCCOCCN=[N+]=[N-])C(=O)O. The molecule has 34 heavy (non-hydrogen) atoms. The van der Waals surface area contributed by atoms with Crippen molar-refractivity contribution < 1.29 is 29.0 Å². The van der Waals surface area contributed by atoms with E-state index in [1.54, 1.807) is 13.8 Å². The van der Waals surface area contributed by atoms with Crippen molar-refractivity contribution in [2.24, 2.45) is 15.9 Å². The second kappa shape index (κ2) is 19.4. The number of ether oxygens (including phenoxy) is 2. The van der Waals surface area contributed by atoms with Gasteiger partial charge in [-0.1, -0.05) is 70.3 Å². The Bertz CT molecular complexity index is 606. The highest BCUT2D eigenvalue weighted by Crippen LogP contribution is 2.25. The Balaban J connectivity index is 3.60. The van der Waals surface area contributed by atoms with Crippen molar-refractivity contribution >= 4 is 11.9 Å². The van der Waals surface area contributed by atoms with Crippen LogP contribution < -0.4 is 5.48 Å². The Hall–Kier alpha value is -1.87. The molecule has 0 aromatic heterocycles. The third kappa shape index (κ3) is 17.6. The molecule has 0 aliphatic heterocycles. The van der Waals surface area contributed by atoms with E-state index in [0.717, 1.165) is 51.4 Å². The summed E-state index contributed by atoms with van der Waals surface area (Å²) in [6.07, 6.45) is 10.3. The van der Waals surface area contributed by atoms with E-state index < -0.39 is 16.8 Å². The number of rotatable bonds is 23. The summed E-state index contributed by atoms with van der Waals surface area (Å²) in [5, 5.41) is 12.5. The molecule has 0 aromatic rings. The van der Waals surface area contributed by atoms with Crippen molar-refractivity contribution in [3.8, 4) is 0 Å². The standard InChI is InChI=1S/C24H46N4O6/c1-23(2,21(29)27-34-20-19-33-18-17-32-16-15-26-28-25)13-11-9-7-5-6-8-10-12-14-24(3,4)22(30)31/h5-20H2,1-4H3,(H,27,29)(H,30,31). The fraction of sp³-hybridized carbons (Fsp3) is 0.917. The van der Waals surface area contributed by atoms with Gasteiger partial charge in [-0.3, -0.25) is 14.4 Å². The van der Waals surface area contributed by atoms with Gasteiger partial charge in [0, 0.05) is 16.9 Å². The molecule has 198 valence electrons. The summed E-state index contributed by atoms with van der Waals surface area (Å²) in [6, 6.07) is 0. The van der Waals surface area contributed by atoms with Crippen LogP contribution >= 0.6 is 0 Å². The van der Waals surface area contributed by atoms with Crippen molar-refractivity contribution in [3.63, 3.8) is 0 Å². The van der Waals surface area contributed by atoms with Gasteiger partial charge in [-0.05, 0) is 32.2 Å². The van der Waals surface area contributed by atoms with Crippen molar-refractivity contribution in [1.29, 1.82) is 0 Å². The average Bonchev–Trinajstić information content (AvgIpc) is 2.78. The van der Waals surface area contributed by atoms with Crippen LogP contribution in [0.15, 0.2) is 5.11 Å². The van der Waals surface area contributed by atoms with Crippen molar-refractivity contribution in [2.45, 2.75) is 91.9 Å². The van der Waals surface area contributed by atoms with E-state index in [1.165, 1.54) is 12.8 Å². The monoisotopic (exact) mass is 486 g/mol. The highest BCUT2D eigenvalue weighted by molar-refractivity contribution is 5.80. The van der Waals surface area contributed by atoms with E-state index in [1.807, 2.05) is 13.8 Å². The van der Waals surface area contributed by atoms with Gasteiger partial charge in [0.2, 0.25) is 5.91 Å². The molecular weight excluding hydrogens is 440 g/mol. The molecule has 10 heteroatoms. The number of azide groups is 1. The first kappa shape index (κ1) is 32.1. The van der Waals surface area contributed by atoms with Crippen molar-refractivity contribution in [3.05, 3.63) is 10.4 Å². The van der Waals surface area contributed by atoms with Gasteiger partial charge >= 0.3 is 5.97 Å². The highest BCUT2D eigenvalue weighted by Gasteiger charge is 2.27. The first-order valence-corrected chi connectivity index (χ1v) is 12.5. The van der Waals surface area contributed by atoms with E-state index >= 15 is 0 Å². The fourth-order valence-corrected chi connectivity index (χ4v) is 3.24. The molecule has 0 heterocycles. The molecule has 1 amide bonds. The predicted molar refractivity (Wildman–Crippen MR) is 131 cm³/mol. The van der Waals surface area contributed by atoms with E-state index in [-0.39, 0.29) is 12.5 Å². The number of hydroxylamine groups is 1. The molecule has 0 spiro atoms. The van der Waals surface area contributed by atoms with Crippen molar-refractivity contribution in [1.82, 2.24) is 5.48 Å². The third-order valence-electron chi connectivity index (χ3n) is 5.81. The lowest BCUT2D eigenvalue weighted by molar-refractivity contribution is -0.147. The lowest BCUT2D eigenvalue weighted by Crippen LogP contribution is -2.37. The first-order chi connectivity index (χ1) is 16.1. The highest BCUT2D eigenvalue weighted by atomic mass is 16.7. The van der Waals surface area contributed by atoms with Crippen LogP contribution in [0, 0.1) is 10.8 Å². The van der Waals surface area contributed by atoms with Gasteiger partial charge in [-0.2, -0.15) is 0 Å². The molecule has 0 fully saturated rings. The summed E-state index contributed by atoms with van der Waals surface area (Å²) >= 11 is 0. The summed E-state index contributed by atoms with van der Waals surface area (Å²) < 4.78 is 10.5. The lowest BCUT2D eigenvalue weighted by Gasteiger charge is -2.23. The summed E-state index contributed by atoms with van der Waals surface area (Å²) in [5.41, 5.74) is 9.54. The number of carboxylic acid groups (broad SMARTS) is 1. The van der Waals surface area contributed by atoms with E-state index in [2.05, 4.69) is 15.5 Å². The molecule has 0 saturated carbocycles. The van der Waals surface area contributed by atoms with Gasteiger partial charge in [0.25, 0.3) is 0 Å². The Morgan fingerprint density at radius 2 is 1.26 bits per heavy atom. The molecule has 0 aliphatic rings. The predicted octanol–water partition coefficient (Wildman–Crippen LogP) is 5.42. The number of amides is 1. The van der Waals surface area contributed by atoms with Gasteiger partial charge < -0.3 is 14.6 Å². The molecule has 0 bridgehead atoms. The molecule has 10 nitrogen and oxygen atoms in total. The van der Waals surface area contributed by atoms with Crippen LogP contribution in [0.5, 0.6) is 0 Å². The Morgan fingerprint density at radius 1 is 0.794 bits per heavy atom. The molecule has 0 atom stereocenters. The first-order valence-electron chi connectivity index (χ1n) is 12.5. The summed E-state index contributed by atoms with van der Waals surface area (Å²) in [6.45, 7) is 9.51. The molecule has 0 aromatic carbocycles. The number of nitrogens with one attached hydrogen (secondary N) is 1. The van der Waals surface area contributed by atoms with Crippen molar-refractivity contribution in [2.75, 3.05) is 39.6 Å². The van der Waals surface area contributed by atoms with Gasteiger partial charge in [0.1, 0.15) is 0 Å². The number of carbonyl (C=O) groups is 2. The van der Waals surface area contributed by atoms with Gasteiger partial charge in [0.05, 0.1) is 38.4 Å². The molecular formula is C24H46N4O6. The van der Waals surface area contributed by atoms with Crippen LogP contribution in [0.2, 0.25) is 0 Å². The normalized spacial score (nSPS) is 11.8. The van der Waals surface area contributed by atoms with E-state index in [0.29, 0.717) is 33.0 Å². The number of aliphatic carboxylic acids is 1. The van der Waals surface area contributed by atoms with Gasteiger partial charge in [-0.15, -0.1) is 0 Å². The maximum Gasteiger partial charge on any atom is 0.309 e. The number of nitrogens with zero attached hydrogens (tertiary/aromatic N) is 3. The maximum absolute atomic E-state index is 12.3.